The van der Waals surface area contributed by atoms with Crippen LogP contribution in [0.1, 0.15) is 136 Å². The summed E-state index contributed by atoms with van der Waals surface area (Å²) >= 11 is 0. The molecular weight excluding hydrogens is 799 g/mol. The van der Waals surface area contributed by atoms with Gasteiger partial charge in [0.15, 0.2) is 12.1 Å². The summed E-state index contributed by atoms with van der Waals surface area (Å²) in [4.78, 5) is 37.1. The molecule has 0 rings (SSSR count). The maximum atomic E-state index is 12.7. The third-order valence-electron chi connectivity index (χ3n) is 9.48. The third kappa shape index (κ3) is 42.5. The van der Waals surface area contributed by atoms with Crippen LogP contribution in [0.3, 0.4) is 0 Å². The summed E-state index contributed by atoms with van der Waals surface area (Å²) in [5.41, 5.74) is 0. The minimum absolute atomic E-state index is 0.00854. The maximum absolute atomic E-state index is 12.7. The molecular formula is C56H86NO7+. The Morgan fingerprint density at radius 3 is 1.12 bits per heavy atom. The number of carboxylic acid groups (broad SMARTS) is 1. The molecule has 8 heteroatoms. The number of esters is 2. The third-order valence-corrected chi connectivity index (χ3v) is 9.48. The first-order valence-electron chi connectivity index (χ1n) is 23.9. The lowest BCUT2D eigenvalue weighted by atomic mass is 10.1. The number of aliphatic carboxylic acids is 1. The van der Waals surface area contributed by atoms with Gasteiger partial charge >= 0.3 is 17.9 Å². The van der Waals surface area contributed by atoms with Crippen molar-refractivity contribution in [1.29, 1.82) is 0 Å². The Morgan fingerprint density at radius 1 is 0.469 bits per heavy atom. The van der Waals surface area contributed by atoms with Gasteiger partial charge in [-0.05, 0) is 103 Å². The molecule has 2 unspecified atom stereocenters. The van der Waals surface area contributed by atoms with Crippen molar-refractivity contribution in [3.8, 4) is 0 Å². The zero-order chi connectivity index (χ0) is 47.0. The summed E-state index contributed by atoms with van der Waals surface area (Å²) in [6.07, 6.45) is 66.3. The Balaban J connectivity index is 4.52. The zero-order valence-corrected chi connectivity index (χ0v) is 40.4. The van der Waals surface area contributed by atoms with Gasteiger partial charge < -0.3 is 23.8 Å². The van der Waals surface area contributed by atoms with E-state index in [1.807, 2.05) is 21.1 Å². The van der Waals surface area contributed by atoms with E-state index >= 15 is 0 Å². The van der Waals surface area contributed by atoms with Crippen LogP contribution >= 0.6 is 0 Å². The molecule has 0 aliphatic heterocycles. The number of allylic oxidation sites excluding steroid dienone is 24. The molecule has 0 aromatic rings. The monoisotopic (exact) mass is 885 g/mol. The molecule has 0 fully saturated rings. The summed E-state index contributed by atoms with van der Waals surface area (Å²) in [6, 6.07) is -0.644. The van der Waals surface area contributed by atoms with Crippen LogP contribution in [0.25, 0.3) is 0 Å². The summed E-state index contributed by atoms with van der Waals surface area (Å²) in [7, 11) is 5.47. The van der Waals surface area contributed by atoms with Gasteiger partial charge in [-0.25, -0.2) is 4.79 Å². The molecule has 0 amide bonds. The van der Waals surface area contributed by atoms with E-state index in [0.29, 0.717) is 19.3 Å². The first-order chi connectivity index (χ1) is 31.1. The van der Waals surface area contributed by atoms with E-state index in [1.165, 1.54) is 0 Å². The fourth-order valence-corrected chi connectivity index (χ4v) is 5.88. The van der Waals surface area contributed by atoms with Gasteiger partial charge in [-0.3, -0.25) is 9.59 Å². The Labute approximate surface area is 389 Å². The van der Waals surface area contributed by atoms with Crippen molar-refractivity contribution in [3.05, 3.63) is 146 Å². The predicted molar refractivity (Wildman–Crippen MR) is 270 cm³/mol. The molecule has 0 heterocycles. The number of quaternary nitrogens is 1. The molecule has 0 aliphatic rings. The van der Waals surface area contributed by atoms with E-state index in [9.17, 15) is 19.5 Å². The van der Waals surface area contributed by atoms with Crippen molar-refractivity contribution in [2.24, 2.45) is 0 Å². The lowest BCUT2D eigenvalue weighted by Crippen LogP contribution is -2.50. The van der Waals surface area contributed by atoms with E-state index in [0.717, 1.165) is 89.9 Å². The van der Waals surface area contributed by atoms with Crippen LogP contribution in [0, 0.1) is 0 Å². The van der Waals surface area contributed by atoms with E-state index in [4.69, 9.17) is 14.2 Å². The van der Waals surface area contributed by atoms with Gasteiger partial charge in [-0.1, -0.05) is 160 Å². The average molecular weight is 885 g/mol. The Kier molecular flexibility index (Phi) is 41.5. The van der Waals surface area contributed by atoms with Gasteiger partial charge in [0.25, 0.3) is 0 Å². The number of carbonyl (C=O) groups excluding carboxylic acids is 2. The van der Waals surface area contributed by atoms with Crippen molar-refractivity contribution in [2.75, 3.05) is 41.0 Å². The summed E-state index contributed by atoms with van der Waals surface area (Å²) in [5.74, 6) is -1.64. The second kappa shape index (κ2) is 44.8. The fourth-order valence-electron chi connectivity index (χ4n) is 5.88. The van der Waals surface area contributed by atoms with Gasteiger partial charge in [0.1, 0.15) is 6.61 Å². The highest BCUT2D eigenvalue weighted by Gasteiger charge is 2.31. The number of hydrogen-bond acceptors (Lipinski definition) is 6. The van der Waals surface area contributed by atoms with Crippen molar-refractivity contribution in [2.45, 2.75) is 148 Å². The topological polar surface area (TPSA) is 99.1 Å². The van der Waals surface area contributed by atoms with Crippen molar-refractivity contribution < 1.29 is 38.2 Å². The van der Waals surface area contributed by atoms with Gasteiger partial charge in [0.2, 0.25) is 0 Å². The first-order valence-corrected chi connectivity index (χ1v) is 23.9. The molecule has 64 heavy (non-hydrogen) atoms. The number of hydrogen-bond donors (Lipinski definition) is 1. The number of likely N-dealkylation sites (N-methyl/N-ethyl adjacent to an activating group) is 1. The van der Waals surface area contributed by atoms with E-state index in [-0.39, 0.29) is 49.1 Å². The smallest absolute Gasteiger partial charge is 0.362 e. The van der Waals surface area contributed by atoms with Gasteiger partial charge in [-0.2, -0.15) is 0 Å². The van der Waals surface area contributed by atoms with Crippen LogP contribution in [-0.4, -0.2) is 80.6 Å². The highest BCUT2D eigenvalue weighted by atomic mass is 16.6. The quantitative estimate of drug-likeness (QED) is 0.0283. The number of ether oxygens (including phenoxy) is 3. The maximum Gasteiger partial charge on any atom is 0.362 e. The van der Waals surface area contributed by atoms with Gasteiger partial charge in [0.05, 0.1) is 34.4 Å². The number of carboxylic acids is 1. The molecule has 0 saturated carbocycles. The van der Waals surface area contributed by atoms with Crippen LogP contribution < -0.4 is 0 Å². The summed E-state index contributed by atoms with van der Waals surface area (Å²) in [6.45, 7) is 4.35. The second-order valence-corrected chi connectivity index (χ2v) is 16.2. The molecule has 0 bridgehead atoms. The molecule has 0 aliphatic carbocycles. The minimum atomic E-state index is -0.899. The number of rotatable bonds is 40. The zero-order valence-electron chi connectivity index (χ0n) is 40.4. The Hall–Kier alpha value is -4.79. The molecule has 0 aromatic heterocycles. The largest absolute Gasteiger partial charge is 0.477 e. The SMILES string of the molecule is CC/C=C/C/C=C/C/C=C/C/C=C/C/C=C/C/C=C/C/C=C/CCCC(=O)OCC(COCCC(C(=O)O)[N+](C)(C)C)OC(=O)CCC/C=C/C/C=C/C/C=C/C/C=C/C/C=C/CC. The lowest BCUT2D eigenvalue weighted by molar-refractivity contribution is -0.887. The number of nitrogens with zero attached hydrogens (tertiary/aromatic N) is 1. The highest BCUT2D eigenvalue weighted by molar-refractivity contribution is 5.72. The predicted octanol–water partition coefficient (Wildman–Crippen LogP) is 13.7. The van der Waals surface area contributed by atoms with Crippen molar-refractivity contribution >= 4 is 17.9 Å². The van der Waals surface area contributed by atoms with E-state index < -0.39 is 18.1 Å². The molecule has 0 aromatic carbocycles. The molecule has 1 N–H and O–H groups in total. The normalized spacial score (nSPS) is 14.2. The van der Waals surface area contributed by atoms with Gasteiger partial charge in [-0.15, -0.1) is 0 Å². The van der Waals surface area contributed by atoms with Crippen LogP contribution in [0.15, 0.2) is 146 Å². The van der Waals surface area contributed by atoms with E-state index in [1.54, 1.807) is 0 Å². The summed E-state index contributed by atoms with van der Waals surface area (Å²) in [5, 5.41) is 9.64. The molecule has 0 radical (unpaired) electrons. The van der Waals surface area contributed by atoms with Crippen molar-refractivity contribution in [3.63, 3.8) is 0 Å². The van der Waals surface area contributed by atoms with Crippen LogP contribution in [0.4, 0.5) is 0 Å². The Morgan fingerprint density at radius 2 is 0.797 bits per heavy atom. The molecule has 356 valence electrons. The Bertz CT molecular complexity index is 1540. The van der Waals surface area contributed by atoms with E-state index in [2.05, 4.69) is 160 Å². The van der Waals surface area contributed by atoms with Crippen LogP contribution in [0.2, 0.25) is 0 Å². The molecule has 0 spiro atoms. The van der Waals surface area contributed by atoms with Gasteiger partial charge in [0, 0.05) is 19.3 Å². The number of carbonyl (C=O) groups is 3. The fraction of sp³-hybridized carbons (Fsp3) is 0.518. The molecule has 8 nitrogen and oxygen atoms in total. The minimum Gasteiger partial charge on any atom is -0.477 e. The van der Waals surface area contributed by atoms with Crippen molar-refractivity contribution in [1.82, 2.24) is 0 Å². The lowest BCUT2D eigenvalue weighted by Gasteiger charge is -2.31. The second-order valence-electron chi connectivity index (χ2n) is 16.2. The number of unbranched alkanes of at least 4 members (excludes halogenated alkanes) is 2. The van der Waals surface area contributed by atoms with Crippen LogP contribution in [0.5, 0.6) is 0 Å². The standard InChI is InChI=1S/C56H85NO7/c1-6-8-10-12-14-16-18-20-22-24-25-26-27-28-29-31-32-34-36-38-40-42-44-46-54(58)63-51-52(50-62-49-48-53(56(60)61)57(3,4)5)64-55(59)47-45-43-41-39-37-35-33-30-23-21-19-17-15-13-11-9-7-2/h8-11,14-17,20-23,25-26,28-29,32-35,38-41,52-53H,6-7,12-13,18-19,24,27,30-31,36-37,42-51H2,1-5H3/p+1/b10-8+,11-9+,16-14+,17-15+,22-20+,23-21+,26-25+,29-28+,34-32+,35-33+,40-38+,41-39+. The average Bonchev–Trinajstić information content (AvgIpc) is 3.26. The summed E-state index contributed by atoms with van der Waals surface area (Å²) < 4.78 is 17.2. The first kappa shape index (κ1) is 59.2. The highest BCUT2D eigenvalue weighted by Crippen LogP contribution is 2.10. The molecule has 2 atom stereocenters. The molecule has 0 saturated heterocycles. The van der Waals surface area contributed by atoms with Crippen LogP contribution in [-0.2, 0) is 28.6 Å².